The summed E-state index contributed by atoms with van der Waals surface area (Å²) in [5.41, 5.74) is 0.0324. The van der Waals surface area contributed by atoms with E-state index in [0.717, 1.165) is 12.3 Å². The molecule has 1 aromatic carbocycles. The molecule has 0 saturated heterocycles. The van der Waals surface area contributed by atoms with Crippen LogP contribution in [0, 0.1) is 5.82 Å². The largest absolute Gasteiger partial charge is 0.497 e. The highest BCUT2D eigenvalue weighted by atomic mass is 35.5. The zero-order chi connectivity index (χ0) is 9.84. The third kappa shape index (κ3) is 2.09. The maximum Gasteiger partial charge on any atom is 0.137 e. The molecular weight excluding hydrogens is 197 g/mol. The SMILES string of the molecule is COc1cc(F)c(/C=N/O)c(Cl)c1. The Hall–Kier alpha value is -1.29. The number of halogens is 2. The van der Waals surface area contributed by atoms with E-state index in [1.807, 2.05) is 0 Å². The van der Waals surface area contributed by atoms with Crippen molar-refractivity contribution >= 4 is 17.8 Å². The standard InChI is InChI=1S/C8H7ClFNO2/c1-13-5-2-7(9)6(4-11-12)8(10)3-5/h2-4,12H,1H3/b11-4+. The minimum atomic E-state index is -0.595. The summed E-state index contributed by atoms with van der Waals surface area (Å²) in [6.07, 6.45) is 0.928. The number of rotatable bonds is 2. The van der Waals surface area contributed by atoms with Crippen molar-refractivity contribution in [3.8, 4) is 5.75 Å². The van der Waals surface area contributed by atoms with Gasteiger partial charge in [-0.1, -0.05) is 16.8 Å². The molecule has 13 heavy (non-hydrogen) atoms. The van der Waals surface area contributed by atoms with Crippen molar-refractivity contribution in [3.63, 3.8) is 0 Å². The van der Waals surface area contributed by atoms with Crippen LogP contribution in [0.3, 0.4) is 0 Å². The number of benzene rings is 1. The second-order valence-electron chi connectivity index (χ2n) is 2.25. The van der Waals surface area contributed by atoms with Crippen molar-refractivity contribution in [1.29, 1.82) is 0 Å². The molecule has 0 unspecified atom stereocenters. The van der Waals surface area contributed by atoms with E-state index in [4.69, 9.17) is 21.5 Å². The molecule has 0 amide bonds. The van der Waals surface area contributed by atoms with Crippen LogP contribution in [-0.4, -0.2) is 18.5 Å². The molecule has 0 fully saturated rings. The molecule has 3 nitrogen and oxygen atoms in total. The molecule has 5 heteroatoms. The van der Waals surface area contributed by atoms with E-state index in [-0.39, 0.29) is 10.6 Å². The van der Waals surface area contributed by atoms with Gasteiger partial charge in [0.15, 0.2) is 0 Å². The molecule has 1 N–H and O–H groups in total. The molecule has 0 atom stereocenters. The third-order valence-electron chi connectivity index (χ3n) is 1.48. The van der Waals surface area contributed by atoms with Gasteiger partial charge in [-0.05, 0) is 6.07 Å². The van der Waals surface area contributed by atoms with E-state index in [9.17, 15) is 4.39 Å². The fourth-order valence-electron chi connectivity index (χ4n) is 0.860. The first-order chi connectivity index (χ1) is 6.19. The Kier molecular flexibility index (Phi) is 3.08. The number of nitrogens with zero attached hydrogens (tertiary/aromatic N) is 1. The second-order valence-corrected chi connectivity index (χ2v) is 2.66. The number of oxime groups is 1. The van der Waals surface area contributed by atoms with Crippen LogP contribution < -0.4 is 4.74 Å². The van der Waals surface area contributed by atoms with E-state index in [1.165, 1.54) is 13.2 Å². The number of ether oxygens (including phenoxy) is 1. The highest BCUT2D eigenvalue weighted by Crippen LogP contribution is 2.24. The Morgan fingerprint density at radius 2 is 2.31 bits per heavy atom. The highest BCUT2D eigenvalue weighted by molar-refractivity contribution is 6.33. The van der Waals surface area contributed by atoms with Crippen molar-refractivity contribution < 1.29 is 14.3 Å². The molecule has 1 aromatic rings. The van der Waals surface area contributed by atoms with Gasteiger partial charge in [-0.15, -0.1) is 0 Å². The molecule has 0 spiro atoms. The van der Waals surface area contributed by atoms with Crippen LogP contribution in [0.25, 0.3) is 0 Å². The molecule has 0 saturated carbocycles. The normalized spacial score (nSPS) is 10.7. The molecular formula is C8H7ClFNO2. The first-order valence-electron chi connectivity index (χ1n) is 3.39. The van der Waals surface area contributed by atoms with Crippen LogP contribution in [0.5, 0.6) is 5.75 Å². The molecule has 70 valence electrons. The zero-order valence-electron chi connectivity index (χ0n) is 6.79. The highest BCUT2D eigenvalue weighted by Gasteiger charge is 2.07. The Morgan fingerprint density at radius 3 is 2.77 bits per heavy atom. The van der Waals surface area contributed by atoms with Crippen molar-refractivity contribution in [2.45, 2.75) is 0 Å². The first-order valence-corrected chi connectivity index (χ1v) is 3.77. The Labute approximate surface area is 79.4 Å². The molecule has 1 rings (SSSR count). The summed E-state index contributed by atoms with van der Waals surface area (Å²) in [4.78, 5) is 0. The lowest BCUT2D eigenvalue weighted by Crippen LogP contribution is -1.92. The van der Waals surface area contributed by atoms with Gasteiger partial charge in [-0.2, -0.15) is 0 Å². The van der Waals surface area contributed by atoms with E-state index in [2.05, 4.69) is 5.16 Å². The van der Waals surface area contributed by atoms with Gasteiger partial charge in [0.2, 0.25) is 0 Å². The monoisotopic (exact) mass is 203 g/mol. The van der Waals surface area contributed by atoms with E-state index >= 15 is 0 Å². The fraction of sp³-hybridized carbons (Fsp3) is 0.125. The number of hydrogen-bond donors (Lipinski definition) is 1. The lowest BCUT2D eigenvalue weighted by molar-refractivity contribution is 0.321. The predicted octanol–water partition coefficient (Wildman–Crippen LogP) is 2.30. The second kappa shape index (κ2) is 4.09. The molecule has 0 aliphatic heterocycles. The van der Waals surface area contributed by atoms with E-state index < -0.39 is 5.82 Å². The minimum absolute atomic E-state index is 0.0324. The van der Waals surface area contributed by atoms with Crippen LogP contribution in [0.15, 0.2) is 17.3 Å². The third-order valence-corrected chi connectivity index (χ3v) is 1.79. The lowest BCUT2D eigenvalue weighted by Gasteiger charge is -2.03. The van der Waals surface area contributed by atoms with Crippen LogP contribution in [0.4, 0.5) is 4.39 Å². The van der Waals surface area contributed by atoms with Crippen molar-refractivity contribution in [1.82, 2.24) is 0 Å². The van der Waals surface area contributed by atoms with Crippen LogP contribution in [-0.2, 0) is 0 Å². The van der Waals surface area contributed by atoms with Gasteiger partial charge in [-0.3, -0.25) is 0 Å². The van der Waals surface area contributed by atoms with Gasteiger partial charge in [0.25, 0.3) is 0 Å². The van der Waals surface area contributed by atoms with Crippen LogP contribution in [0.2, 0.25) is 5.02 Å². The maximum absolute atomic E-state index is 13.1. The van der Waals surface area contributed by atoms with E-state index in [1.54, 1.807) is 0 Å². The molecule has 0 heterocycles. The summed E-state index contributed by atoms with van der Waals surface area (Å²) in [6, 6.07) is 2.59. The number of methoxy groups -OCH3 is 1. The minimum Gasteiger partial charge on any atom is -0.497 e. The molecule has 0 radical (unpaired) electrons. The summed E-state index contributed by atoms with van der Waals surface area (Å²) in [6.45, 7) is 0. The van der Waals surface area contributed by atoms with Crippen molar-refractivity contribution in [2.24, 2.45) is 5.16 Å². The summed E-state index contributed by atoms with van der Waals surface area (Å²) in [7, 11) is 1.41. The summed E-state index contributed by atoms with van der Waals surface area (Å²) < 4.78 is 17.9. The molecule has 0 aromatic heterocycles. The van der Waals surface area contributed by atoms with Crippen molar-refractivity contribution in [2.75, 3.05) is 7.11 Å². The summed E-state index contributed by atoms with van der Waals surface area (Å²) in [5.74, 6) is -0.278. The van der Waals surface area contributed by atoms with Gasteiger partial charge in [-0.25, -0.2) is 4.39 Å². The topological polar surface area (TPSA) is 41.8 Å². The Bertz CT molecular complexity index is 318. The van der Waals surface area contributed by atoms with Gasteiger partial charge in [0.05, 0.1) is 23.9 Å². The van der Waals surface area contributed by atoms with Gasteiger partial charge in [0.1, 0.15) is 11.6 Å². The van der Waals surface area contributed by atoms with Crippen LogP contribution in [0.1, 0.15) is 5.56 Å². The van der Waals surface area contributed by atoms with Crippen LogP contribution >= 0.6 is 11.6 Å². The average molecular weight is 204 g/mol. The van der Waals surface area contributed by atoms with Gasteiger partial charge < -0.3 is 9.94 Å². The summed E-state index contributed by atoms with van der Waals surface area (Å²) >= 11 is 5.67. The van der Waals surface area contributed by atoms with E-state index in [0.29, 0.717) is 5.75 Å². The van der Waals surface area contributed by atoms with Gasteiger partial charge in [0, 0.05) is 6.07 Å². The van der Waals surface area contributed by atoms with Crippen molar-refractivity contribution in [3.05, 3.63) is 28.5 Å². The quantitative estimate of drug-likeness (QED) is 0.455. The zero-order valence-corrected chi connectivity index (χ0v) is 7.55. The van der Waals surface area contributed by atoms with Gasteiger partial charge >= 0.3 is 0 Å². The average Bonchev–Trinajstić information content (AvgIpc) is 2.11. The summed E-state index contributed by atoms with van der Waals surface area (Å²) in [5, 5.41) is 11.0. The Balaban J connectivity index is 3.22. The fourth-order valence-corrected chi connectivity index (χ4v) is 1.11. The first kappa shape index (κ1) is 9.80. The predicted molar refractivity (Wildman–Crippen MR) is 47.3 cm³/mol. The lowest BCUT2D eigenvalue weighted by atomic mass is 10.2. The smallest absolute Gasteiger partial charge is 0.137 e. The maximum atomic E-state index is 13.1. The molecule has 0 aliphatic carbocycles. The Morgan fingerprint density at radius 1 is 1.62 bits per heavy atom. The molecule has 0 aliphatic rings. The number of hydrogen-bond acceptors (Lipinski definition) is 3. The molecule has 0 bridgehead atoms.